The number of halogens is 1. The summed E-state index contributed by atoms with van der Waals surface area (Å²) in [5.74, 6) is 1.34. The van der Waals surface area contributed by atoms with Crippen molar-refractivity contribution in [2.24, 2.45) is 5.92 Å². The topological polar surface area (TPSA) is 30.2 Å². The number of hydrogen-bond acceptors (Lipinski definition) is 2. The van der Waals surface area contributed by atoms with E-state index in [9.17, 15) is 4.79 Å². The van der Waals surface area contributed by atoms with Crippen LogP contribution in [0.1, 0.15) is 95.3 Å². The van der Waals surface area contributed by atoms with Gasteiger partial charge in [0.05, 0.1) is 0 Å². The molecule has 0 bridgehead atoms. The molecule has 0 amide bonds. The van der Waals surface area contributed by atoms with E-state index >= 15 is 4.39 Å². The van der Waals surface area contributed by atoms with Gasteiger partial charge in [-0.3, -0.25) is 0 Å². The maximum Gasteiger partial charge on any atom is 0.346 e. The van der Waals surface area contributed by atoms with Crippen LogP contribution in [0.3, 0.4) is 0 Å². The molecule has 2 nitrogen and oxygen atoms in total. The van der Waals surface area contributed by atoms with Crippen LogP contribution in [0.5, 0.6) is 0 Å². The number of aryl methyl sites for hydroxylation is 1. The van der Waals surface area contributed by atoms with Crippen LogP contribution in [-0.2, 0) is 6.42 Å². The first-order chi connectivity index (χ1) is 13.1. The lowest BCUT2D eigenvalue weighted by Crippen LogP contribution is -2.15. The molecule has 1 aromatic carbocycles. The van der Waals surface area contributed by atoms with Crippen LogP contribution in [0.4, 0.5) is 4.39 Å². The fraction of sp³-hybridized carbons (Fsp3) is 0.625. The highest BCUT2D eigenvalue weighted by molar-refractivity contribution is 5.83. The molecule has 2 aromatic rings. The molecular weight excluding hydrogens is 339 g/mol. The maximum atomic E-state index is 15.2. The van der Waals surface area contributed by atoms with E-state index in [0.29, 0.717) is 16.7 Å². The number of benzene rings is 1. The maximum absolute atomic E-state index is 15.2. The summed E-state index contributed by atoms with van der Waals surface area (Å²) < 4.78 is 20.6. The summed E-state index contributed by atoms with van der Waals surface area (Å²) in [6.45, 7) is 4.34. The molecule has 0 N–H and O–H groups in total. The van der Waals surface area contributed by atoms with E-state index in [1.54, 1.807) is 0 Å². The Balaban J connectivity index is 1.75. The van der Waals surface area contributed by atoms with Crippen LogP contribution >= 0.6 is 0 Å². The van der Waals surface area contributed by atoms with Crippen molar-refractivity contribution in [3.63, 3.8) is 0 Å². The van der Waals surface area contributed by atoms with Crippen LogP contribution in [-0.4, -0.2) is 0 Å². The van der Waals surface area contributed by atoms with Gasteiger partial charge in [0.25, 0.3) is 0 Å². The van der Waals surface area contributed by atoms with Gasteiger partial charge in [-0.1, -0.05) is 58.1 Å². The molecule has 3 heteroatoms. The van der Waals surface area contributed by atoms with Gasteiger partial charge < -0.3 is 4.42 Å². The van der Waals surface area contributed by atoms with Crippen LogP contribution in [0.2, 0.25) is 0 Å². The first-order valence-corrected chi connectivity index (χ1v) is 10.9. The van der Waals surface area contributed by atoms with Gasteiger partial charge in [-0.15, -0.1) is 0 Å². The zero-order valence-electron chi connectivity index (χ0n) is 16.9. The highest BCUT2D eigenvalue weighted by Crippen LogP contribution is 2.39. The van der Waals surface area contributed by atoms with Crippen molar-refractivity contribution in [1.29, 1.82) is 0 Å². The van der Waals surface area contributed by atoms with Gasteiger partial charge in [0.15, 0.2) is 0 Å². The fourth-order valence-corrected chi connectivity index (χ4v) is 4.54. The molecule has 0 atom stereocenters. The second-order valence-corrected chi connectivity index (χ2v) is 8.25. The van der Waals surface area contributed by atoms with Crippen molar-refractivity contribution in [3.05, 3.63) is 45.8 Å². The molecule has 1 heterocycles. The summed E-state index contributed by atoms with van der Waals surface area (Å²) in [5.41, 5.74) is 0.189. The predicted molar refractivity (Wildman–Crippen MR) is 110 cm³/mol. The highest BCUT2D eigenvalue weighted by atomic mass is 19.1. The van der Waals surface area contributed by atoms with Crippen molar-refractivity contribution in [3.8, 4) is 0 Å². The monoisotopic (exact) mass is 372 g/mol. The van der Waals surface area contributed by atoms with Gasteiger partial charge in [0.2, 0.25) is 0 Å². The Bertz CT molecular complexity index is 800. The molecule has 3 rings (SSSR count). The molecule has 1 aliphatic carbocycles. The zero-order chi connectivity index (χ0) is 19.2. The Morgan fingerprint density at radius 3 is 2.48 bits per heavy atom. The molecule has 0 spiro atoms. The highest BCUT2D eigenvalue weighted by Gasteiger charge is 2.25. The minimum atomic E-state index is -0.522. The number of hydrogen-bond donors (Lipinski definition) is 0. The molecule has 1 saturated carbocycles. The normalized spacial score (nSPS) is 20.3. The van der Waals surface area contributed by atoms with E-state index in [4.69, 9.17) is 4.42 Å². The lowest BCUT2D eigenvalue weighted by Gasteiger charge is -2.29. The van der Waals surface area contributed by atoms with Crippen molar-refractivity contribution in [1.82, 2.24) is 0 Å². The summed E-state index contributed by atoms with van der Waals surface area (Å²) >= 11 is 0. The quantitative estimate of drug-likeness (QED) is 0.461. The van der Waals surface area contributed by atoms with E-state index in [1.165, 1.54) is 38.5 Å². The summed E-state index contributed by atoms with van der Waals surface area (Å²) in [6, 6.07) is 5.65. The largest absolute Gasteiger partial charge is 0.427 e. The smallest absolute Gasteiger partial charge is 0.346 e. The van der Waals surface area contributed by atoms with E-state index < -0.39 is 5.63 Å². The van der Waals surface area contributed by atoms with Gasteiger partial charge in [-0.05, 0) is 61.0 Å². The molecule has 0 radical (unpaired) electrons. The SMILES string of the molecule is CCCCCC1CCC(c2ccc3cc(CCCC)oc(=O)c3c2F)CC1. The first-order valence-electron chi connectivity index (χ1n) is 10.9. The molecule has 1 fully saturated rings. The van der Waals surface area contributed by atoms with E-state index in [2.05, 4.69) is 13.8 Å². The van der Waals surface area contributed by atoms with Crippen LogP contribution < -0.4 is 5.63 Å². The summed E-state index contributed by atoms with van der Waals surface area (Å²) in [7, 11) is 0. The summed E-state index contributed by atoms with van der Waals surface area (Å²) in [6.07, 6.45) is 12.4. The molecule has 1 aliphatic rings. The molecule has 27 heavy (non-hydrogen) atoms. The van der Waals surface area contributed by atoms with Gasteiger partial charge in [0, 0.05) is 6.42 Å². The minimum absolute atomic E-state index is 0.137. The number of rotatable bonds is 8. The molecule has 1 aromatic heterocycles. The van der Waals surface area contributed by atoms with Gasteiger partial charge >= 0.3 is 5.63 Å². The third kappa shape index (κ3) is 4.80. The van der Waals surface area contributed by atoms with E-state index in [0.717, 1.165) is 38.0 Å². The molecule has 0 unspecified atom stereocenters. The van der Waals surface area contributed by atoms with Crippen molar-refractivity contribution < 1.29 is 8.81 Å². The Morgan fingerprint density at radius 1 is 1.04 bits per heavy atom. The van der Waals surface area contributed by atoms with Gasteiger partial charge in [-0.25, -0.2) is 9.18 Å². The van der Waals surface area contributed by atoms with E-state index in [1.807, 2.05) is 18.2 Å². The fourth-order valence-electron chi connectivity index (χ4n) is 4.54. The Hall–Kier alpha value is -1.64. The lowest BCUT2D eigenvalue weighted by molar-refractivity contribution is 0.299. The van der Waals surface area contributed by atoms with E-state index in [-0.39, 0.29) is 17.1 Å². The number of unbranched alkanes of at least 4 members (excludes halogenated alkanes) is 3. The molecule has 0 aliphatic heterocycles. The zero-order valence-corrected chi connectivity index (χ0v) is 16.9. The van der Waals surface area contributed by atoms with Crippen LogP contribution in [0.25, 0.3) is 10.8 Å². The second kappa shape index (κ2) is 9.52. The van der Waals surface area contributed by atoms with Gasteiger partial charge in [-0.2, -0.15) is 0 Å². The standard InChI is InChI=1S/C24H33FO2/c1-3-5-7-8-17-10-12-18(13-11-17)21-15-14-19-16-20(9-6-4-2)27-24(26)22(19)23(21)25/h14-18H,3-13H2,1-2H3. The first kappa shape index (κ1) is 20.1. The van der Waals surface area contributed by atoms with Crippen LogP contribution in [0, 0.1) is 11.7 Å². The summed E-state index contributed by atoms with van der Waals surface area (Å²) in [5, 5.41) is 0.810. The molecular formula is C24H33FO2. The summed E-state index contributed by atoms with van der Waals surface area (Å²) in [4.78, 5) is 12.4. The van der Waals surface area contributed by atoms with Gasteiger partial charge in [0.1, 0.15) is 17.0 Å². The number of fused-ring (bicyclic) bond motifs is 1. The molecule has 0 saturated heterocycles. The Morgan fingerprint density at radius 2 is 1.78 bits per heavy atom. The van der Waals surface area contributed by atoms with Crippen molar-refractivity contribution in [2.75, 3.05) is 0 Å². The average molecular weight is 373 g/mol. The Kier molecular flexibility index (Phi) is 7.09. The molecule has 148 valence electrons. The third-order valence-corrected chi connectivity index (χ3v) is 6.23. The predicted octanol–water partition coefficient (Wildman–Crippen LogP) is 7.13. The lowest BCUT2D eigenvalue weighted by atomic mass is 9.76. The third-order valence-electron chi connectivity index (χ3n) is 6.23. The van der Waals surface area contributed by atoms with Crippen molar-refractivity contribution >= 4 is 10.8 Å². The minimum Gasteiger partial charge on any atom is -0.427 e. The Labute approximate surface area is 162 Å². The van der Waals surface area contributed by atoms with Crippen LogP contribution in [0.15, 0.2) is 27.4 Å². The second-order valence-electron chi connectivity index (χ2n) is 8.25. The van der Waals surface area contributed by atoms with Crippen molar-refractivity contribution in [2.45, 2.75) is 90.4 Å². The average Bonchev–Trinajstić information content (AvgIpc) is 2.67.